The highest BCUT2D eigenvalue weighted by Crippen LogP contribution is 2.34. The molecule has 0 aliphatic carbocycles. The van der Waals surface area contributed by atoms with Crippen molar-refractivity contribution in [3.63, 3.8) is 0 Å². The van der Waals surface area contributed by atoms with E-state index in [-0.39, 0.29) is 24.6 Å². The highest BCUT2D eigenvalue weighted by molar-refractivity contribution is 7.99. The van der Waals surface area contributed by atoms with Gasteiger partial charge in [-0.05, 0) is 23.3 Å². The molecule has 4 rings (SSSR count). The second-order valence-corrected chi connectivity index (χ2v) is 10.6. The van der Waals surface area contributed by atoms with Gasteiger partial charge in [0.1, 0.15) is 24.1 Å². The molecule has 218 valence electrons. The highest BCUT2D eigenvalue weighted by atomic mass is 35.5. The van der Waals surface area contributed by atoms with Gasteiger partial charge in [-0.2, -0.15) is 0 Å². The Labute approximate surface area is 243 Å². The summed E-state index contributed by atoms with van der Waals surface area (Å²) < 4.78 is 0. The number of imidazole rings is 1. The van der Waals surface area contributed by atoms with Crippen molar-refractivity contribution >= 4 is 40.5 Å². The van der Waals surface area contributed by atoms with Crippen molar-refractivity contribution in [3.8, 4) is 28.1 Å². The molecular formula is C27H29ClN4O8S. The number of pyridine rings is 1. The van der Waals surface area contributed by atoms with E-state index in [1.165, 1.54) is 0 Å². The van der Waals surface area contributed by atoms with Crippen LogP contribution in [0.1, 0.15) is 5.56 Å². The number of nitrogens with zero attached hydrogens (tertiary/aromatic N) is 2. The van der Waals surface area contributed by atoms with E-state index >= 15 is 0 Å². The molecule has 0 unspecified atom stereocenters. The summed E-state index contributed by atoms with van der Waals surface area (Å²) in [6, 6.07) is 14.0. The van der Waals surface area contributed by atoms with E-state index in [1.54, 1.807) is 24.3 Å². The van der Waals surface area contributed by atoms with Crippen molar-refractivity contribution in [2.75, 3.05) is 18.9 Å². The second kappa shape index (κ2) is 13.6. The van der Waals surface area contributed by atoms with Gasteiger partial charge in [-0.3, -0.25) is 4.79 Å². The zero-order chi connectivity index (χ0) is 29.7. The number of H-pyrrole nitrogens is 1. The van der Waals surface area contributed by atoms with E-state index in [9.17, 15) is 30.3 Å². The van der Waals surface area contributed by atoms with Crippen LogP contribution >= 0.6 is 23.4 Å². The smallest absolute Gasteiger partial charge is 0.313 e. The number of thioether (sulfide) groups is 1. The summed E-state index contributed by atoms with van der Waals surface area (Å²) >= 11 is 7.52. The van der Waals surface area contributed by atoms with Gasteiger partial charge in [0.25, 0.3) is 0 Å². The van der Waals surface area contributed by atoms with Gasteiger partial charge in [0.15, 0.2) is 10.8 Å². The lowest BCUT2D eigenvalue weighted by molar-refractivity contribution is -0.133. The number of fused-ring (bicyclic) bond motifs is 1. The maximum absolute atomic E-state index is 10.8. The van der Waals surface area contributed by atoms with Crippen LogP contribution in [0.4, 0.5) is 0 Å². The summed E-state index contributed by atoms with van der Waals surface area (Å²) in [5, 5.41) is 71.1. The second-order valence-electron chi connectivity index (χ2n) is 9.27. The number of aliphatic hydroxyl groups excluding tert-OH is 5. The largest absolute Gasteiger partial charge is 0.507 e. The summed E-state index contributed by atoms with van der Waals surface area (Å²) in [5.41, 5.74) is 4.24. The molecule has 0 aliphatic heterocycles. The Morgan fingerprint density at radius 3 is 2.32 bits per heavy atom. The summed E-state index contributed by atoms with van der Waals surface area (Å²) in [7, 11) is 0. The lowest BCUT2D eigenvalue weighted by atomic mass is 10.00. The number of hydrogen-bond acceptors (Lipinski definition) is 11. The predicted molar refractivity (Wildman–Crippen MR) is 153 cm³/mol. The number of hydrogen-bond donors (Lipinski definition) is 9. The van der Waals surface area contributed by atoms with E-state index < -0.39 is 37.0 Å². The summed E-state index contributed by atoms with van der Waals surface area (Å²) in [4.78, 5) is 22.7. The van der Waals surface area contributed by atoms with Crippen molar-refractivity contribution in [1.29, 1.82) is 0 Å². The maximum Gasteiger partial charge on any atom is 0.313 e. The minimum Gasteiger partial charge on any atom is -0.507 e. The first-order valence-electron chi connectivity index (χ1n) is 12.4. The minimum absolute atomic E-state index is 0.0274. The number of aliphatic hydroxyl groups is 5. The van der Waals surface area contributed by atoms with E-state index in [1.807, 2.05) is 24.3 Å². The van der Waals surface area contributed by atoms with Gasteiger partial charge in [0, 0.05) is 24.2 Å². The van der Waals surface area contributed by atoms with Crippen LogP contribution in [0.5, 0.6) is 5.75 Å². The van der Waals surface area contributed by atoms with Crippen LogP contribution in [0.3, 0.4) is 0 Å². The number of aromatic amines is 1. The molecule has 14 heteroatoms. The van der Waals surface area contributed by atoms with Crippen molar-refractivity contribution < 1.29 is 40.5 Å². The fourth-order valence-corrected chi connectivity index (χ4v) is 4.94. The van der Waals surface area contributed by atoms with Gasteiger partial charge in [-0.15, -0.1) is 0 Å². The van der Waals surface area contributed by atoms with Crippen LogP contribution in [0.2, 0.25) is 5.02 Å². The molecule has 0 fully saturated rings. The fraction of sp³-hybridized carbons (Fsp3) is 0.296. The number of aromatic nitrogens is 3. The molecule has 0 radical (unpaired) electrons. The standard InChI is InChI=1S/C27H29ClN4O8S/c28-17-8-18-26(32-27(30-18)41-12-22(37)38)31-23(17)15-4-2-14(3-5-15)16-6-1-13(7-19(16)34)9-29-10-20(35)24(39)25(40)21(36)11-33/h1-8,20-21,24-25,29,33-36,39-40H,9-12H2,(H,37,38)(H,30,31,32)/t20-,21+,24+,25+/m0/s1. The number of aliphatic carboxylic acids is 1. The SMILES string of the molecule is O=C(O)CSc1nc2nc(-c3ccc(-c4ccc(CNC[C@H](O)[C@@H](O)[C@H](O)[C@H](O)CO)cc4O)cc3)c(Cl)cc2[nH]1. The minimum atomic E-state index is -1.70. The number of nitrogens with one attached hydrogen (secondary N) is 2. The Hall–Kier alpha value is -3.27. The molecule has 12 nitrogen and oxygen atoms in total. The summed E-state index contributed by atoms with van der Waals surface area (Å²) in [6.45, 7) is -0.620. The Balaban J connectivity index is 1.41. The molecule has 0 saturated carbocycles. The maximum atomic E-state index is 10.8. The van der Waals surface area contributed by atoms with Gasteiger partial charge in [-0.1, -0.05) is 59.8 Å². The molecule has 41 heavy (non-hydrogen) atoms. The molecule has 0 amide bonds. The Bertz CT molecular complexity index is 1500. The van der Waals surface area contributed by atoms with Crippen molar-refractivity contribution in [3.05, 3.63) is 59.1 Å². The number of carboxylic acids is 1. The number of phenolic OH excluding ortho intramolecular Hbond substituents is 1. The van der Waals surface area contributed by atoms with Crippen LogP contribution in [-0.2, 0) is 11.3 Å². The van der Waals surface area contributed by atoms with E-state index in [4.69, 9.17) is 21.8 Å². The zero-order valence-electron chi connectivity index (χ0n) is 21.5. The zero-order valence-corrected chi connectivity index (χ0v) is 23.0. The Morgan fingerprint density at radius 1 is 0.976 bits per heavy atom. The van der Waals surface area contributed by atoms with E-state index in [0.29, 0.717) is 38.2 Å². The predicted octanol–water partition coefficient (Wildman–Crippen LogP) is 1.35. The molecule has 0 aliphatic rings. The number of rotatable bonds is 13. The number of carboxylic acid groups (broad SMARTS) is 1. The number of aromatic hydroxyl groups is 1. The number of carbonyl (C=O) groups is 1. The molecule has 0 spiro atoms. The van der Waals surface area contributed by atoms with Crippen LogP contribution in [0, 0.1) is 0 Å². The first kappa shape index (κ1) is 30.7. The molecule has 2 aromatic carbocycles. The third-order valence-corrected chi connectivity index (χ3v) is 7.42. The lowest BCUT2D eigenvalue weighted by Gasteiger charge is -2.25. The third kappa shape index (κ3) is 7.52. The molecule has 0 saturated heterocycles. The quantitative estimate of drug-likeness (QED) is 0.0990. The Morgan fingerprint density at radius 2 is 1.66 bits per heavy atom. The third-order valence-electron chi connectivity index (χ3n) is 6.28. The van der Waals surface area contributed by atoms with Gasteiger partial charge < -0.3 is 46.0 Å². The summed E-state index contributed by atoms with van der Waals surface area (Å²) in [6.07, 6.45) is -6.33. The topological polar surface area (TPSA) is 212 Å². The van der Waals surface area contributed by atoms with Gasteiger partial charge in [0.2, 0.25) is 0 Å². The monoisotopic (exact) mass is 604 g/mol. The molecule has 9 N–H and O–H groups in total. The molecular weight excluding hydrogens is 576 g/mol. The van der Waals surface area contributed by atoms with Crippen LogP contribution < -0.4 is 5.32 Å². The molecule has 2 heterocycles. The lowest BCUT2D eigenvalue weighted by Crippen LogP contribution is -2.48. The molecule has 2 aromatic heterocycles. The Kier molecular flexibility index (Phi) is 10.2. The number of benzene rings is 2. The number of phenols is 1. The van der Waals surface area contributed by atoms with E-state index in [2.05, 4.69) is 20.3 Å². The highest BCUT2D eigenvalue weighted by Gasteiger charge is 2.29. The van der Waals surface area contributed by atoms with Crippen LogP contribution in [0.15, 0.2) is 53.7 Å². The van der Waals surface area contributed by atoms with Crippen molar-refractivity contribution in [2.45, 2.75) is 36.1 Å². The average Bonchev–Trinajstić information content (AvgIpc) is 3.36. The average molecular weight is 605 g/mol. The fourth-order valence-electron chi connectivity index (χ4n) is 4.08. The normalized spacial score (nSPS) is 14.6. The molecule has 0 bridgehead atoms. The first-order valence-corrected chi connectivity index (χ1v) is 13.8. The van der Waals surface area contributed by atoms with Crippen LogP contribution in [0.25, 0.3) is 33.5 Å². The van der Waals surface area contributed by atoms with Gasteiger partial charge in [-0.25, -0.2) is 9.97 Å². The molecule has 4 atom stereocenters. The van der Waals surface area contributed by atoms with Crippen molar-refractivity contribution in [1.82, 2.24) is 20.3 Å². The van der Waals surface area contributed by atoms with Gasteiger partial charge in [0.05, 0.1) is 34.7 Å². The number of halogens is 1. The first-order chi connectivity index (χ1) is 19.6. The summed E-state index contributed by atoms with van der Waals surface area (Å²) in [5.74, 6) is -1.06. The van der Waals surface area contributed by atoms with Gasteiger partial charge >= 0.3 is 5.97 Å². The van der Waals surface area contributed by atoms with Crippen LogP contribution in [-0.4, -0.2) is 100.0 Å². The molecule has 4 aromatic rings. The van der Waals surface area contributed by atoms with Crippen molar-refractivity contribution in [2.24, 2.45) is 0 Å². The van der Waals surface area contributed by atoms with E-state index in [0.717, 1.165) is 22.9 Å².